The Hall–Kier alpha value is -1.46. The van der Waals surface area contributed by atoms with Crippen molar-refractivity contribution in [3.63, 3.8) is 0 Å². The molecule has 4 nitrogen and oxygen atoms in total. The SMILES string of the molecule is O=C(Nc1cnc(Br)cn1)C(Cl)c1ccccc1. The Morgan fingerprint density at radius 1 is 1.22 bits per heavy atom. The van der Waals surface area contributed by atoms with Crippen molar-refractivity contribution in [1.29, 1.82) is 0 Å². The third-order valence-corrected chi connectivity index (χ3v) is 3.05. The van der Waals surface area contributed by atoms with E-state index in [9.17, 15) is 4.79 Å². The summed E-state index contributed by atoms with van der Waals surface area (Å²) in [6.45, 7) is 0. The number of anilines is 1. The normalized spacial score (nSPS) is 11.9. The minimum atomic E-state index is -0.753. The van der Waals surface area contributed by atoms with Crippen LogP contribution in [0.15, 0.2) is 47.3 Å². The van der Waals surface area contributed by atoms with E-state index in [2.05, 4.69) is 31.2 Å². The highest BCUT2D eigenvalue weighted by atomic mass is 79.9. The number of halogens is 2. The standard InChI is InChI=1S/C12H9BrClN3O/c13-9-6-16-10(7-15-9)17-12(18)11(14)8-4-2-1-3-5-8/h1-7,11H,(H,16,17,18). The summed E-state index contributed by atoms with van der Waals surface area (Å²) in [6, 6.07) is 9.12. The van der Waals surface area contributed by atoms with Crippen molar-refractivity contribution in [1.82, 2.24) is 9.97 Å². The molecule has 2 rings (SSSR count). The predicted octanol–water partition coefficient (Wildman–Crippen LogP) is 3.16. The van der Waals surface area contributed by atoms with Gasteiger partial charge in [-0.1, -0.05) is 30.3 Å². The van der Waals surface area contributed by atoms with E-state index >= 15 is 0 Å². The second-order valence-corrected chi connectivity index (χ2v) is 4.74. The fraction of sp³-hybridized carbons (Fsp3) is 0.0833. The Kier molecular flexibility index (Phi) is 4.28. The van der Waals surface area contributed by atoms with E-state index in [0.717, 1.165) is 5.56 Å². The molecular weight excluding hydrogens is 318 g/mol. The van der Waals surface area contributed by atoms with Crippen molar-refractivity contribution in [2.45, 2.75) is 5.38 Å². The number of carbonyl (C=O) groups is 1. The minimum absolute atomic E-state index is 0.334. The predicted molar refractivity (Wildman–Crippen MR) is 73.4 cm³/mol. The van der Waals surface area contributed by atoms with Crippen LogP contribution in [0.3, 0.4) is 0 Å². The first-order chi connectivity index (χ1) is 8.66. The molecule has 18 heavy (non-hydrogen) atoms. The lowest BCUT2D eigenvalue weighted by Gasteiger charge is -2.09. The Morgan fingerprint density at radius 2 is 1.94 bits per heavy atom. The summed E-state index contributed by atoms with van der Waals surface area (Å²) in [5.74, 6) is 0.0317. The van der Waals surface area contributed by atoms with Crippen molar-refractivity contribution in [2.24, 2.45) is 0 Å². The molecule has 1 N–H and O–H groups in total. The van der Waals surface area contributed by atoms with Crippen LogP contribution in [0.4, 0.5) is 5.82 Å². The molecule has 0 saturated heterocycles. The van der Waals surface area contributed by atoms with Gasteiger partial charge in [-0.2, -0.15) is 0 Å². The maximum absolute atomic E-state index is 11.9. The van der Waals surface area contributed by atoms with Gasteiger partial charge in [0, 0.05) is 0 Å². The van der Waals surface area contributed by atoms with Gasteiger partial charge in [-0.3, -0.25) is 4.79 Å². The highest BCUT2D eigenvalue weighted by molar-refractivity contribution is 9.10. The molecule has 0 aliphatic heterocycles. The second kappa shape index (κ2) is 5.93. The summed E-state index contributed by atoms with van der Waals surface area (Å²) < 4.78 is 0.603. The van der Waals surface area contributed by atoms with E-state index in [4.69, 9.17) is 11.6 Å². The lowest BCUT2D eigenvalue weighted by atomic mass is 10.1. The number of alkyl halides is 1. The van der Waals surface area contributed by atoms with Gasteiger partial charge in [0.1, 0.15) is 9.98 Å². The molecule has 2 aromatic rings. The summed E-state index contributed by atoms with van der Waals surface area (Å²) in [6.07, 6.45) is 2.96. The molecule has 0 radical (unpaired) electrons. The summed E-state index contributed by atoms with van der Waals surface area (Å²) >= 11 is 9.23. The number of nitrogens with zero attached hydrogens (tertiary/aromatic N) is 2. The number of nitrogens with one attached hydrogen (secondary N) is 1. The molecule has 0 bridgehead atoms. The number of amides is 1. The molecule has 1 aromatic carbocycles. The molecule has 92 valence electrons. The molecule has 0 aliphatic rings. The Morgan fingerprint density at radius 3 is 2.56 bits per heavy atom. The van der Waals surface area contributed by atoms with Crippen molar-refractivity contribution < 1.29 is 4.79 Å². The summed E-state index contributed by atoms with van der Waals surface area (Å²) in [4.78, 5) is 19.8. The van der Waals surface area contributed by atoms with Crippen molar-refractivity contribution in [3.05, 3.63) is 52.9 Å². The summed E-state index contributed by atoms with van der Waals surface area (Å²) in [5.41, 5.74) is 0.738. The monoisotopic (exact) mass is 325 g/mol. The van der Waals surface area contributed by atoms with Crippen LogP contribution in [0.1, 0.15) is 10.9 Å². The molecule has 1 unspecified atom stereocenters. The van der Waals surface area contributed by atoms with Gasteiger partial charge in [0.2, 0.25) is 5.91 Å². The van der Waals surface area contributed by atoms with Crippen LogP contribution in [0.5, 0.6) is 0 Å². The van der Waals surface area contributed by atoms with E-state index in [1.165, 1.54) is 12.4 Å². The van der Waals surface area contributed by atoms with Gasteiger partial charge in [0.25, 0.3) is 0 Å². The Bertz CT molecular complexity index is 533. The van der Waals surface area contributed by atoms with Crippen molar-refractivity contribution in [3.8, 4) is 0 Å². The number of carbonyl (C=O) groups excluding carboxylic acids is 1. The van der Waals surface area contributed by atoms with E-state index < -0.39 is 5.38 Å². The van der Waals surface area contributed by atoms with Gasteiger partial charge >= 0.3 is 0 Å². The van der Waals surface area contributed by atoms with Crippen LogP contribution in [-0.4, -0.2) is 15.9 Å². The topological polar surface area (TPSA) is 54.9 Å². The first-order valence-electron chi connectivity index (χ1n) is 5.14. The molecule has 0 saturated carbocycles. The third kappa shape index (κ3) is 3.27. The molecule has 1 aromatic heterocycles. The van der Waals surface area contributed by atoms with E-state index in [1.807, 2.05) is 18.2 Å². The second-order valence-electron chi connectivity index (χ2n) is 3.49. The van der Waals surface area contributed by atoms with Crippen LogP contribution < -0.4 is 5.32 Å². The highest BCUT2D eigenvalue weighted by Crippen LogP contribution is 2.21. The number of hydrogen-bond donors (Lipinski definition) is 1. The van der Waals surface area contributed by atoms with Gasteiger partial charge in [-0.05, 0) is 21.5 Å². The first kappa shape index (κ1) is 13.0. The average Bonchev–Trinajstić information content (AvgIpc) is 2.41. The average molecular weight is 327 g/mol. The van der Waals surface area contributed by atoms with Gasteiger partial charge in [0.15, 0.2) is 5.82 Å². The van der Waals surface area contributed by atoms with Crippen LogP contribution in [0.25, 0.3) is 0 Å². The number of aromatic nitrogens is 2. The van der Waals surface area contributed by atoms with Crippen LogP contribution in [-0.2, 0) is 4.79 Å². The lowest BCUT2D eigenvalue weighted by Crippen LogP contribution is -2.18. The van der Waals surface area contributed by atoms with Crippen molar-refractivity contribution >= 4 is 39.3 Å². The smallest absolute Gasteiger partial charge is 0.248 e. The lowest BCUT2D eigenvalue weighted by molar-refractivity contribution is -0.116. The Labute approximate surface area is 118 Å². The largest absolute Gasteiger partial charge is 0.308 e. The fourth-order valence-electron chi connectivity index (χ4n) is 1.34. The Balaban J connectivity index is 2.06. The molecule has 1 atom stereocenters. The number of benzene rings is 1. The molecule has 0 spiro atoms. The van der Waals surface area contributed by atoms with Gasteiger partial charge < -0.3 is 5.32 Å². The van der Waals surface area contributed by atoms with Gasteiger partial charge in [-0.25, -0.2) is 9.97 Å². The molecule has 1 heterocycles. The molecule has 0 fully saturated rings. The minimum Gasteiger partial charge on any atom is -0.308 e. The summed E-state index contributed by atoms with van der Waals surface area (Å²) in [5, 5.41) is 1.85. The van der Waals surface area contributed by atoms with Gasteiger partial charge in [-0.15, -0.1) is 11.6 Å². The molecule has 1 amide bonds. The summed E-state index contributed by atoms with van der Waals surface area (Å²) in [7, 11) is 0. The maximum Gasteiger partial charge on any atom is 0.248 e. The number of rotatable bonds is 3. The van der Waals surface area contributed by atoms with Crippen LogP contribution in [0, 0.1) is 0 Å². The first-order valence-corrected chi connectivity index (χ1v) is 6.37. The molecular formula is C12H9BrClN3O. The van der Waals surface area contributed by atoms with E-state index in [-0.39, 0.29) is 5.91 Å². The molecule has 0 aliphatic carbocycles. The fourth-order valence-corrected chi connectivity index (χ4v) is 1.74. The zero-order valence-electron chi connectivity index (χ0n) is 9.18. The van der Waals surface area contributed by atoms with Crippen LogP contribution >= 0.6 is 27.5 Å². The highest BCUT2D eigenvalue weighted by Gasteiger charge is 2.17. The zero-order chi connectivity index (χ0) is 13.0. The maximum atomic E-state index is 11.9. The van der Waals surface area contributed by atoms with Crippen molar-refractivity contribution in [2.75, 3.05) is 5.32 Å². The van der Waals surface area contributed by atoms with E-state index in [1.54, 1.807) is 12.1 Å². The zero-order valence-corrected chi connectivity index (χ0v) is 11.5. The third-order valence-electron chi connectivity index (χ3n) is 2.19. The number of hydrogen-bond acceptors (Lipinski definition) is 3. The molecule has 6 heteroatoms. The van der Waals surface area contributed by atoms with Gasteiger partial charge in [0.05, 0.1) is 12.4 Å². The van der Waals surface area contributed by atoms with Crippen LogP contribution in [0.2, 0.25) is 0 Å². The van der Waals surface area contributed by atoms with E-state index in [0.29, 0.717) is 10.4 Å². The quantitative estimate of drug-likeness (QED) is 0.882.